The Balaban J connectivity index is 2.51. The topological polar surface area (TPSA) is 29.9 Å². The summed E-state index contributed by atoms with van der Waals surface area (Å²) < 4.78 is 21.1. The molecule has 0 aliphatic heterocycles. The molecule has 0 saturated carbocycles. The number of hydrogen-bond acceptors (Lipinski definition) is 2. The quantitative estimate of drug-likeness (QED) is 0.673. The number of allylic oxidation sites excluding steroid dienone is 2. The number of ether oxygens (including phenoxy) is 1. The van der Waals surface area contributed by atoms with E-state index in [0.717, 1.165) is 18.5 Å². The van der Waals surface area contributed by atoms with E-state index in [1.807, 2.05) is 17.6 Å². The molecule has 1 aromatic carbocycles. The van der Waals surface area contributed by atoms with Crippen molar-refractivity contribution in [1.29, 1.82) is 0 Å². The fourth-order valence-corrected chi connectivity index (χ4v) is 2.21. The van der Waals surface area contributed by atoms with Crippen molar-refractivity contribution >= 4 is 23.3 Å². The average molecular weight is 266 g/mol. The number of benzene rings is 1. The van der Waals surface area contributed by atoms with Crippen LogP contribution in [0.1, 0.15) is 13.3 Å². The standard InChI is InChI=1S/C13H15FN2OS/c1-3-4-5-6-16-11-8-12(17-2)9(14)7-10(11)15-13(16)18/h3-4,7-8H,5-6H2,1-2H3,(H,15,18)/b4-3+. The zero-order chi connectivity index (χ0) is 13.1. The van der Waals surface area contributed by atoms with E-state index in [1.54, 1.807) is 6.07 Å². The van der Waals surface area contributed by atoms with E-state index >= 15 is 0 Å². The van der Waals surface area contributed by atoms with E-state index in [1.165, 1.54) is 13.2 Å². The number of imidazole rings is 1. The van der Waals surface area contributed by atoms with Crippen LogP contribution in [0, 0.1) is 10.6 Å². The summed E-state index contributed by atoms with van der Waals surface area (Å²) in [6.45, 7) is 2.74. The van der Waals surface area contributed by atoms with Crippen LogP contribution in [0.2, 0.25) is 0 Å². The lowest BCUT2D eigenvalue weighted by atomic mass is 10.2. The number of fused-ring (bicyclic) bond motifs is 1. The zero-order valence-electron chi connectivity index (χ0n) is 10.4. The number of aryl methyl sites for hydroxylation is 1. The number of hydrogen-bond donors (Lipinski definition) is 1. The molecule has 0 aliphatic rings. The van der Waals surface area contributed by atoms with E-state index in [-0.39, 0.29) is 11.6 Å². The van der Waals surface area contributed by atoms with E-state index in [2.05, 4.69) is 11.1 Å². The van der Waals surface area contributed by atoms with Crippen molar-refractivity contribution in [3.8, 4) is 5.75 Å². The average Bonchev–Trinajstić information content (AvgIpc) is 2.64. The number of nitrogens with one attached hydrogen (secondary N) is 1. The van der Waals surface area contributed by atoms with Gasteiger partial charge in [-0.3, -0.25) is 0 Å². The predicted molar refractivity (Wildman–Crippen MR) is 73.1 cm³/mol. The summed E-state index contributed by atoms with van der Waals surface area (Å²) >= 11 is 5.25. The fourth-order valence-electron chi connectivity index (χ4n) is 1.91. The molecule has 1 heterocycles. The first-order valence-electron chi connectivity index (χ1n) is 5.74. The summed E-state index contributed by atoms with van der Waals surface area (Å²) in [6.07, 6.45) is 4.96. The van der Waals surface area contributed by atoms with Gasteiger partial charge in [0.05, 0.1) is 18.1 Å². The monoisotopic (exact) mass is 266 g/mol. The van der Waals surface area contributed by atoms with Gasteiger partial charge in [0.25, 0.3) is 0 Å². The summed E-state index contributed by atoms with van der Waals surface area (Å²) in [7, 11) is 1.45. The van der Waals surface area contributed by atoms with Crippen LogP contribution in [0.15, 0.2) is 24.3 Å². The Kier molecular flexibility index (Phi) is 3.81. The van der Waals surface area contributed by atoms with Gasteiger partial charge in [-0.15, -0.1) is 0 Å². The summed E-state index contributed by atoms with van der Waals surface area (Å²) in [4.78, 5) is 3.00. The Morgan fingerprint density at radius 3 is 2.94 bits per heavy atom. The third-order valence-electron chi connectivity index (χ3n) is 2.80. The van der Waals surface area contributed by atoms with Gasteiger partial charge in [-0.25, -0.2) is 4.39 Å². The van der Waals surface area contributed by atoms with E-state index in [0.29, 0.717) is 10.3 Å². The molecule has 5 heteroatoms. The Morgan fingerprint density at radius 2 is 2.28 bits per heavy atom. The first-order valence-corrected chi connectivity index (χ1v) is 6.15. The molecular formula is C13H15FN2OS. The van der Waals surface area contributed by atoms with Gasteiger partial charge in [-0.05, 0) is 25.6 Å². The molecule has 0 bridgehead atoms. The Hall–Kier alpha value is -1.62. The van der Waals surface area contributed by atoms with Crippen molar-refractivity contribution in [1.82, 2.24) is 9.55 Å². The van der Waals surface area contributed by atoms with Gasteiger partial charge in [0, 0.05) is 18.7 Å². The molecule has 0 amide bonds. The Bertz CT molecular complexity index is 642. The van der Waals surface area contributed by atoms with Crippen molar-refractivity contribution in [2.45, 2.75) is 19.9 Å². The van der Waals surface area contributed by atoms with Gasteiger partial charge in [-0.2, -0.15) is 0 Å². The maximum Gasteiger partial charge on any atom is 0.178 e. The van der Waals surface area contributed by atoms with Crippen molar-refractivity contribution in [2.75, 3.05) is 7.11 Å². The number of aromatic nitrogens is 2. The second kappa shape index (κ2) is 5.35. The van der Waals surface area contributed by atoms with Crippen molar-refractivity contribution in [3.63, 3.8) is 0 Å². The van der Waals surface area contributed by atoms with Gasteiger partial charge in [0.2, 0.25) is 0 Å². The largest absolute Gasteiger partial charge is 0.494 e. The number of aromatic amines is 1. The Morgan fingerprint density at radius 1 is 1.50 bits per heavy atom. The summed E-state index contributed by atoms with van der Waals surface area (Å²) in [5, 5.41) is 0. The van der Waals surface area contributed by atoms with E-state index < -0.39 is 0 Å². The Labute approximate surface area is 110 Å². The third kappa shape index (κ3) is 2.31. The number of halogens is 1. The molecule has 2 aromatic rings. The summed E-state index contributed by atoms with van der Waals surface area (Å²) in [6, 6.07) is 3.09. The van der Waals surface area contributed by atoms with Gasteiger partial charge in [-0.1, -0.05) is 12.2 Å². The van der Waals surface area contributed by atoms with Crippen LogP contribution in [-0.2, 0) is 6.54 Å². The minimum atomic E-state index is -0.387. The van der Waals surface area contributed by atoms with Gasteiger partial charge in [0.1, 0.15) is 0 Å². The van der Waals surface area contributed by atoms with Gasteiger partial charge < -0.3 is 14.3 Å². The number of nitrogens with zero attached hydrogens (tertiary/aromatic N) is 1. The highest BCUT2D eigenvalue weighted by Crippen LogP contribution is 2.24. The molecule has 0 radical (unpaired) electrons. The first kappa shape index (κ1) is 12.8. The maximum absolute atomic E-state index is 13.6. The minimum Gasteiger partial charge on any atom is -0.494 e. The van der Waals surface area contributed by atoms with Crippen LogP contribution in [0.5, 0.6) is 5.75 Å². The highest BCUT2D eigenvalue weighted by atomic mass is 32.1. The van der Waals surface area contributed by atoms with Crippen LogP contribution >= 0.6 is 12.2 Å². The molecule has 0 saturated heterocycles. The van der Waals surface area contributed by atoms with Crippen LogP contribution in [0.25, 0.3) is 11.0 Å². The molecular weight excluding hydrogens is 251 g/mol. The smallest absolute Gasteiger partial charge is 0.178 e. The highest BCUT2D eigenvalue weighted by Gasteiger charge is 2.09. The summed E-state index contributed by atoms with van der Waals surface area (Å²) in [5.41, 5.74) is 1.56. The first-order chi connectivity index (χ1) is 8.67. The predicted octanol–water partition coefficient (Wildman–Crippen LogP) is 3.81. The van der Waals surface area contributed by atoms with Crippen molar-refractivity contribution in [2.24, 2.45) is 0 Å². The molecule has 3 nitrogen and oxygen atoms in total. The van der Waals surface area contributed by atoms with Crippen LogP contribution in [0.3, 0.4) is 0 Å². The maximum atomic E-state index is 13.6. The molecule has 0 unspecified atom stereocenters. The third-order valence-corrected chi connectivity index (χ3v) is 3.13. The van der Waals surface area contributed by atoms with Crippen LogP contribution in [0.4, 0.5) is 4.39 Å². The second-order valence-electron chi connectivity index (χ2n) is 3.94. The lowest BCUT2D eigenvalue weighted by Gasteiger charge is -2.05. The molecule has 2 rings (SSSR count). The van der Waals surface area contributed by atoms with E-state index in [4.69, 9.17) is 17.0 Å². The highest BCUT2D eigenvalue weighted by molar-refractivity contribution is 7.71. The number of methoxy groups -OCH3 is 1. The molecule has 18 heavy (non-hydrogen) atoms. The van der Waals surface area contributed by atoms with E-state index in [9.17, 15) is 4.39 Å². The normalized spacial score (nSPS) is 11.5. The molecule has 0 aliphatic carbocycles. The zero-order valence-corrected chi connectivity index (χ0v) is 11.2. The molecule has 96 valence electrons. The summed E-state index contributed by atoms with van der Waals surface area (Å²) in [5.74, 6) is -0.155. The van der Waals surface area contributed by atoms with Crippen molar-refractivity contribution < 1.29 is 9.13 Å². The van der Waals surface area contributed by atoms with Crippen molar-refractivity contribution in [3.05, 3.63) is 34.9 Å². The minimum absolute atomic E-state index is 0.233. The van der Waals surface area contributed by atoms with Crippen LogP contribution in [-0.4, -0.2) is 16.7 Å². The molecule has 1 N–H and O–H groups in total. The molecule has 1 aromatic heterocycles. The SMILES string of the molecule is C/C=C/CCn1c(=S)[nH]c2cc(F)c(OC)cc21. The lowest BCUT2D eigenvalue weighted by Crippen LogP contribution is -1.97. The van der Waals surface area contributed by atoms with Crippen LogP contribution < -0.4 is 4.74 Å². The van der Waals surface area contributed by atoms with Gasteiger partial charge >= 0.3 is 0 Å². The lowest BCUT2D eigenvalue weighted by molar-refractivity contribution is 0.387. The fraction of sp³-hybridized carbons (Fsp3) is 0.308. The molecule has 0 atom stereocenters. The van der Waals surface area contributed by atoms with Gasteiger partial charge in [0.15, 0.2) is 16.3 Å². The molecule has 0 spiro atoms. The number of rotatable bonds is 4. The second-order valence-corrected chi connectivity index (χ2v) is 4.33. The number of H-pyrrole nitrogens is 1. The molecule has 0 fully saturated rings.